The van der Waals surface area contributed by atoms with Gasteiger partial charge in [0.05, 0.1) is 0 Å². The van der Waals surface area contributed by atoms with Crippen LogP contribution in [0.3, 0.4) is 0 Å². The van der Waals surface area contributed by atoms with Crippen LogP contribution in [0, 0.1) is 17.3 Å². The number of Topliss-reactive ketones (excluding diaryl/α,β-unsaturated/α-hetero) is 1. The SMILES string of the molecule is CC(=O)O[C@H]1CC(=O)[C@]2(C)CC=C(C(C)C)C[C@H]2[C@@]1(C)O. The molecule has 0 aromatic rings. The Hall–Kier alpha value is -1.16. The fourth-order valence-electron chi connectivity index (χ4n) is 3.85. The number of carbonyl (C=O) groups excluding carboxylic acids is 2. The van der Waals surface area contributed by atoms with Crippen LogP contribution in [-0.4, -0.2) is 28.6 Å². The number of fused-ring (bicyclic) bond motifs is 1. The van der Waals surface area contributed by atoms with Crippen LogP contribution in [0.5, 0.6) is 0 Å². The molecule has 2 rings (SSSR count). The van der Waals surface area contributed by atoms with Crippen molar-refractivity contribution >= 4 is 11.8 Å². The van der Waals surface area contributed by atoms with E-state index in [-0.39, 0.29) is 18.1 Å². The van der Waals surface area contributed by atoms with Gasteiger partial charge in [0.1, 0.15) is 17.5 Å². The number of hydrogen-bond donors (Lipinski definition) is 1. The van der Waals surface area contributed by atoms with Crippen molar-refractivity contribution in [3.8, 4) is 0 Å². The second-order valence-corrected chi connectivity index (χ2v) is 7.26. The van der Waals surface area contributed by atoms with E-state index in [0.29, 0.717) is 18.8 Å². The van der Waals surface area contributed by atoms with Gasteiger partial charge in [0.25, 0.3) is 0 Å². The third-order valence-electron chi connectivity index (χ3n) is 5.41. The van der Waals surface area contributed by atoms with Crippen molar-refractivity contribution in [2.75, 3.05) is 0 Å². The summed E-state index contributed by atoms with van der Waals surface area (Å²) in [5, 5.41) is 11.0. The Morgan fingerprint density at radius 2 is 2.00 bits per heavy atom. The highest BCUT2D eigenvalue weighted by Crippen LogP contribution is 2.53. The summed E-state index contributed by atoms with van der Waals surface area (Å²) in [4.78, 5) is 23.8. The highest BCUT2D eigenvalue weighted by atomic mass is 16.6. The molecule has 0 saturated heterocycles. The quantitative estimate of drug-likeness (QED) is 0.628. The first kappa shape index (κ1) is 16.2. The molecule has 4 nitrogen and oxygen atoms in total. The van der Waals surface area contributed by atoms with E-state index in [2.05, 4.69) is 19.9 Å². The van der Waals surface area contributed by atoms with Crippen LogP contribution in [0.25, 0.3) is 0 Å². The molecule has 0 amide bonds. The third-order valence-corrected chi connectivity index (χ3v) is 5.41. The molecule has 1 fully saturated rings. The molecule has 0 spiro atoms. The Morgan fingerprint density at radius 1 is 1.38 bits per heavy atom. The number of esters is 1. The highest BCUT2D eigenvalue weighted by Gasteiger charge is 2.59. The average molecular weight is 294 g/mol. The Bertz CT molecular complexity index is 489. The largest absolute Gasteiger partial charge is 0.459 e. The van der Waals surface area contributed by atoms with Gasteiger partial charge < -0.3 is 9.84 Å². The summed E-state index contributed by atoms with van der Waals surface area (Å²) in [6.45, 7) is 9.20. The normalized spacial score (nSPS) is 39.8. The predicted molar refractivity (Wildman–Crippen MR) is 79.6 cm³/mol. The maximum atomic E-state index is 12.6. The van der Waals surface area contributed by atoms with Gasteiger partial charge in [0.15, 0.2) is 0 Å². The Balaban J connectivity index is 2.38. The van der Waals surface area contributed by atoms with Gasteiger partial charge in [-0.15, -0.1) is 0 Å². The molecule has 0 heterocycles. The lowest BCUT2D eigenvalue weighted by Crippen LogP contribution is -2.62. The predicted octanol–water partition coefficient (Wildman–Crippen LogP) is 2.64. The molecule has 4 atom stereocenters. The summed E-state index contributed by atoms with van der Waals surface area (Å²) >= 11 is 0. The van der Waals surface area contributed by atoms with Gasteiger partial charge in [0, 0.05) is 24.7 Å². The number of ketones is 1. The molecule has 118 valence electrons. The standard InChI is InChI=1S/C17H26O4/c1-10(2)12-6-7-16(4)13(8-12)17(5,20)15(9-14(16)19)21-11(3)18/h6,10,13,15,20H,7-9H2,1-5H3/t13-,15+,16-,17-/m1/s1. The molecule has 1 N–H and O–H groups in total. The van der Waals surface area contributed by atoms with E-state index in [1.54, 1.807) is 6.92 Å². The van der Waals surface area contributed by atoms with Crippen molar-refractivity contribution in [2.45, 2.75) is 65.6 Å². The summed E-state index contributed by atoms with van der Waals surface area (Å²) < 4.78 is 5.24. The fourth-order valence-corrected chi connectivity index (χ4v) is 3.85. The smallest absolute Gasteiger partial charge is 0.303 e. The van der Waals surface area contributed by atoms with Crippen molar-refractivity contribution in [1.29, 1.82) is 0 Å². The van der Waals surface area contributed by atoms with Crippen molar-refractivity contribution in [3.63, 3.8) is 0 Å². The van der Waals surface area contributed by atoms with Crippen molar-refractivity contribution in [2.24, 2.45) is 17.3 Å². The molecule has 0 aromatic heterocycles. The number of allylic oxidation sites excluding steroid dienone is 2. The minimum atomic E-state index is -1.18. The summed E-state index contributed by atoms with van der Waals surface area (Å²) in [5.74, 6) is -0.177. The van der Waals surface area contributed by atoms with E-state index >= 15 is 0 Å². The third kappa shape index (κ3) is 2.66. The molecule has 1 saturated carbocycles. The number of hydrogen-bond acceptors (Lipinski definition) is 4. The van der Waals surface area contributed by atoms with E-state index in [0.717, 1.165) is 0 Å². The topological polar surface area (TPSA) is 63.6 Å². The maximum absolute atomic E-state index is 12.6. The van der Waals surface area contributed by atoms with Gasteiger partial charge in [-0.25, -0.2) is 0 Å². The highest BCUT2D eigenvalue weighted by molar-refractivity contribution is 5.87. The number of ether oxygens (including phenoxy) is 1. The lowest BCUT2D eigenvalue weighted by molar-refractivity contribution is -0.196. The molecule has 0 aliphatic heterocycles. The van der Waals surface area contributed by atoms with Gasteiger partial charge in [-0.1, -0.05) is 32.4 Å². The summed E-state index contributed by atoms with van der Waals surface area (Å²) in [6, 6.07) is 0. The van der Waals surface area contributed by atoms with Crippen LogP contribution in [0.1, 0.15) is 53.9 Å². The van der Waals surface area contributed by atoms with Crippen LogP contribution in [-0.2, 0) is 14.3 Å². The lowest BCUT2D eigenvalue weighted by Gasteiger charge is -2.53. The van der Waals surface area contributed by atoms with Crippen LogP contribution < -0.4 is 0 Å². The Morgan fingerprint density at radius 3 is 2.52 bits per heavy atom. The van der Waals surface area contributed by atoms with Crippen molar-refractivity contribution < 1.29 is 19.4 Å². The molecule has 2 aliphatic rings. The first-order valence-corrected chi connectivity index (χ1v) is 7.71. The van der Waals surface area contributed by atoms with E-state index in [9.17, 15) is 14.7 Å². The first-order chi connectivity index (χ1) is 9.59. The van der Waals surface area contributed by atoms with E-state index in [1.807, 2.05) is 6.92 Å². The zero-order valence-electron chi connectivity index (χ0n) is 13.6. The average Bonchev–Trinajstić information content (AvgIpc) is 2.35. The molecule has 0 radical (unpaired) electrons. The van der Waals surface area contributed by atoms with Gasteiger partial charge in [-0.2, -0.15) is 0 Å². The van der Waals surface area contributed by atoms with Gasteiger partial charge in [-0.3, -0.25) is 9.59 Å². The summed E-state index contributed by atoms with van der Waals surface area (Å²) in [7, 11) is 0. The van der Waals surface area contributed by atoms with Gasteiger partial charge >= 0.3 is 5.97 Å². The zero-order chi connectivity index (χ0) is 16.0. The molecule has 0 unspecified atom stereocenters. The van der Waals surface area contributed by atoms with E-state index < -0.39 is 23.1 Å². The molecular formula is C17H26O4. The second-order valence-electron chi connectivity index (χ2n) is 7.26. The molecule has 0 aromatic carbocycles. The van der Waals surface area contributed by atoms with E-state index in [1.165, 1.54) is 12.5 Å². The van der Waals surface area contributed by atoms with Gasteiger partial charge in [-0.05, 0) is 25.7 Å². The monoisotopic (exact) mass is 294 g/mol. The van der Waals surface area contributed by atoms with Crippen LogP contribution >= 0.6 is 0 Å². The Labute approximate surface area is 126 Å². The minimum Gasteiger partial charge on any atom is -0.459 e. The van der Waals surface area contributed by atoms with Crippen LogP contribution in [0.4, 0.5) is 0 Å². The summed E-state index contributed by atoms with van der Waals surface area (Å²) in [5.41, 5.74) is -0.463. The van der Waals surface area contributed by atoms with Crippen molar-refractivity contribution in [3.05, 3.63) is 11.6 Å². The van der Waals surface area contributed by atoms with Crippen molar-refractivity contribution in [1.82, 2.24) is 0 Å². The lowest BCUT2D eigenvalue weighted by atomic mass is 9.53. The molecular weight excluding hydrogens is 268 g/mol. The molecule has 2 aliphatic carbocycles. The zero-order valence-corrected chi connectivity index (χ0v) is 13.6. The van der Waals surface area contributed by atoms with Crippen LogP contribution in [0.2, 0.25) is 0 Å². The second kappa shape index (κ2) is 5.24. The fraction of sp³-hybridized carbons (Fsp3) is 0.765. The Kier molecular flexibility index (Phi) is 4.04. The number of rotatable bonds is 2. The number of carbonyl (C=O) groups is 2. The van der Waals surface area contributed by atoms with Gasteiger partial charge in [0.2, 0.25) is 0 Å². The number of aliphatic hydroxyl groups is 1. The molecule has 0 bridgehead atoms. The van der Waals surface area contributed by atoms with E-state index in [4.69, 9.17) is 4.74 Å². The molecule has 21 heavy (non-hydrogen) atoms. The van der Waals surface area contributed by atoms with Crippen LogP contribution in [0.15, 0.2) is 11.6 Å². The maximum Gasteiger partial charge on any atom is 0.303 e. The first-order valence-electron chi connectivity index (χ1n) is 7.71. The minimum absolute atomic E-state index is 0.0873. The summed E-state index contributed by atoms with van der Waals surface area (Å²) in [6.07, 6.45) is 2.86. The molecule has 4 heteroatoms.